The third-order valence-corrected chi connectivity index (χ3v) is 4.54. The average molecular weight is 308 g/mol. The van der Waals surface area contributed by atoms with Gasteiger partial charge in [0.25, 0.3) is 0 Å². The molecule has 1 aliphatic heterocycles. The van der Waals surface area contributed by atoms with E-state index in [1.54, 1.807) is 12.1 Å². The fraction of sp³-hybridized carbons (Fsp3) is 0.467. The Morgan fingerprint density at radius 3 is 2.86 bits per heavy atom. The van der Waals surface area contributed by atoms with Gasteiger partial charge >= 0.3 is 0 Å². The van der Waals surface area contributed by atoms with E-state index >= 15 is 0 Å². The van der Waals surface area contributed by atoms with Crippen LogP contribution in [0.3, 0.4) is 0 Å². The lowest BCUT2D eigenvalue weighted by molar-refractivity contribution is -0.121. The molecule has 0 spiro atoms. The van der Waals surface area contributed by atoms with Crippen molar-refractivity contribution in [3.63, 3.8) is 0 Å². The molecule has 5 nitrogen and oxygen atoms in total. The topological polar surface area (TPSA) is 84.2 Å². The number of rotatable bonds is 2. The second-order valence-corrected chi connectivity index (χ2v) is 6.17. The van der Waals surface area contributed by atoms with Crippen LogP contribution in [0.1, 0.15) is 31.2 Å². The third kappa shape index (κ3) is 2.89. The molecule has 0 saturated heterocycles. The maximum absolute atomic E-state index is 12.4. The molecular formula is C15H18ClN3O2. The molecule has 1 aromatic rings. The van der Waals surface area contributed by atoms with Crippen molar-refractivity contribution >= 4 is 34.8 Å². The Bertz CT molecular complexity index is 603. The highest BCUT2D eigenvalue weighted by atomic mass is 35.5. The van der Waals surface area contributed by atoms with Crippen molar-refractivity contribution in [2.45, 2.75) is 38.1 Å². The molecule has 1 saturated carbocycles. The number of carbonyl (C=O) groups excluding carboxylic acids is 2. The lowest BCUT2D eigenvalue weighted by Gasteiger charge is -2.27. The van der Waals surface area contributed by atoms with Crippen LogP contribution >= 0.6 is 11.6 Å². The van der Waals surface area contributed by atoms with Gasteiger partial charge in [-0.3, -0.25) is 9.59 Å². The number of hydrogen-bond acceptors (Lipinski definition) is 3. The number of benzene rings is 1. The fourth-order valence-electron chi connectivity index (χ4n) is 3.05. The van der Waals surface area contributed by atoms with Gasteiger partial charge in [0.05, 0.1) is 23.0 Å². The normalized spacial score (nSPS) is 24.4. The molecule has 112 valence electrons. The van der Waals surface area contributed by atoms with E-state index in [-0.39, 0.29) is 23.8 Å². The minimum absolute atomic E-state index is 0.0566. The van der Waals surface area contributed by atoms with Gasteiger partial charge in [0, 0.05) is 11.7 Å². The molecule has 4 N–H and O–H groups in total. The van der Waals surface area contributed by atoms with Crippen LogP contribution in [0.5, 0.6) is 0 Å². The summed E-state index contributed by atoms with van der Waals surface area (Å²) in [6.07, 6.45) is 4.13. The number of fused-ring (bicyclic) bond motifs is 1. The number of halogens is 1. The minimum Gasteiger partial charge on any atom is -0.327 e. The summed E-state index contributed by atoms with van der Waals surface area (Å²) in [4.78, 5) is 23.7. The number of anilines is 2. The first-order chi connectivity index (χ1) is 10.0. The molecule has 2 atom stereocenters. The smallest absolute Gasteiger partial charge is 0.229 e. The van der Waals surface area contributed by atoms with Crippen LogP contribution in [-0.2, 0) is 16.0 Å². The first-order valence-electron chi connectivity index (χ1n) is 7.23. The minimum atomic E-state index is -0.164. The first-order valence-corrected chi connectivity index (χ1v) is 7.61. The van der Waals surface area contributed by atoms with E-state index in [0.717, 1.165) is 36.9 Å². The van der Waals surface area contributed by atoms with Crippen LogP contribution in [0.2, 0.25) is 5.02 Å². The Balaban J connectivity index is 1.77. The van der Waals surface area contributed by atoms with E-state index in [4.69, 9.17) is 17.3 Å². The monoisotopic (exact) mass is 307 g/mol. The van der Waals surface area contributed by atoms with Crippen molar-refractivity contribution in [2.24, 2.45) is 11.7 Å². The van der Waals surface area contributed by atoms with Gasteiger partial charge in [0.15, 0.2) is 0 Å². The van der Waals surface area contributed by atoms with Crippen molar-refractivity contribution in [3.05, 3.63) is 22.7 Å². The van der Waals surface area contributed by atoms with Crippen molar-refractivity contribution in [1.82, 2.24) is 0 Å². The maximum atomic E-state index is 12.4. The van der Waals surface area contributed by atoms with Crippen molar-refractivity contribution < 1.29 is 9.59 Å². The van der Waals surface area contributed by atoms with E-state index in [9.17, 15) is 9.59 Å². The van der Waals surface area contributed by atoms with Crippen molar-refractivity contribution in [1.29, 1.82) is 0 Å². The summed E-state index contributed by atoms with van der Waals surface area (Å²) in [7, 11) is 0. The summed E-state index contributed by atoms with van der Waals surface area (Å²) in [6, 6.07) is 3.36. The van der Waals surface area contributed by atoms with Crippen LogP contribution in [0.4, 0.5) is 11.4 Å². The van der Waals surface area contributed by atoms with E-state index in [2.05, 4.69) is 10.6 Å². The Labute approximate surface area is 128 Å². The van der Waals surface area contributed by atoms with Gasteiger partial charge in [-0.2, -0.15) is 0 Å². The molecule has 2 aliphatic rings. The largest absolute Gasteiger partial charge is 0.327 e. The van der Waals surface area contributed by atoms with Crippen LogP contribution in [-0.4, -0.2) is 17.9 Å². The van der Waals surface area contributed by atoms with Gasteiger partial charge < -0.3 is 16.4 Å². The molecule has 1 aromatic carbocycles. The molecule has 1 aliphatic carbocycles. The number of hydrogen-bond donors (Lipinski definition) is 3. The average Bonchev–Trinajstić information content (AvgIpc) is 2.78. The zero-order valence-corrected chi connectivity index (χ0v) is 12.4. The predicted octanol–water partition coefficient (Wildman–Crippen LogP) is 2.29. The number of nitrogens with one attached hydrogen (secondary N) is 2. The quantitative estimate of drug-likeness (QED) is 0.783. The molecule has 2 amide bonds. The van der Waals surface area contributed by atoms with Gasteiger partial charge in [-0.25, -0.2) is 0 Å². The maximum Gasteiger partial charge on any atom is 0.229 e. The van der Waals surface area contributed by atoms with E-state index < -0.39 is 0 Å². The second kappa shape index (κ2) is 5.66. The van der Waals surface area contributed by atoms with Crippen molar-refractivity contribution in [2.75, 3.05) is 10.6 Å². The van der Waals surface area contributed by atoms with Gasteiger partial charge in [-0.05, 0) is 30.5 Å². The molecule has 1 fully saturated rings. The number of amides is 2. The van der Waals surface area contributed by atoms with Crippen LogP contribution in [0.25, 0.3) is 0 Å². The van der Waals surface area contributed by atoms with Gasteiger partial charge in [0.2, 0.25) is 11.8 Å². The van der Waals surface area contributed by atoms with E-state index in [1.807, 2.05) is 0 Å². The molecule has 21 heavy (non-hydrogen) atoms. The summed E-state index contributed by atoms with van der Waals surface area (Å²) in [6.45, 7) is 0. The van der Waals surface area contributed by atoms with Crippen molar-refractivity contribution in [3.8, 4) is 0 Å². The summed E-state index contributed by atoms with van der Waals surface area (Å²) in [5.74, 6) is -0.303. The Morgan fingerprint density at radius 1 is 1.33 bits per heavy atom. The second-order valence-electron chi connectivity index (χ2n) is 5.76. The van der Waals surface area contributed by atoms with Crippen LogP contribution in [0, 0.1) is 5.92 Å². The molecule has 0 bridgehead atoms. The van der Waals surface area contributed by atoms with E-state index in [1.165, 1.54) is 0 Å². The number of nitrogens with two attached hydrogens (primary N) is 1. The molecule has 6 heteroatoms. The number of carbonyl (C=O) groups is 2. The predicted molar refractivity (Wildman–Crippen MR) is 82.3 cm³/mol. The zero-order valence-electron chi connectivity index (χ0n) is 11.6. The third-order valence-electron chi connectivity index (χ3n) is 4.23. The summed E-state index contributed by atoms with van der Waals surface area (Å²) >= 11 is 6.18. The zero-order chi connectivity index (χ0) is 15.0. The molecular weight excluding hydrogens is 290 g/mol. The first kappa shape index (κ1) is 14.4. The lowest BCUT2D eigenvalue weighted by Crippen LogP contribution is -2.40. The van der Waals surface area contributed by atoms with Gasteiger partial charge in [-0.1, -0.05) is 24.4 Å². The van der Waals surface area contributed by atoms with Crippen LogP contribution in [0.15, 0.2) is 12.1 Å². The van der Waals surface area contributed by atoms with Gasteiger partial charge in [0.1, 0.15) is 0 Å². The molecule has 1 heterocycles. The summed E-state index contributed by atoms with van der Waals surface area (Å²) in [5, 5.41) is 6.02. The Morgan fingerprint density at radius 2 is 2.10 bits per heavy atom. The lowest BCUT2D eigenvalue weighted by atomic mass is 9.84. The Kier molecular flexibility index (Phi) is 3.87. The molecule has 2 unspecified atom stereocenters. The highest BCUT2D eigenvalue weighted by Gasteiger charge is 2.29. The summed E-state index contributed by atoms with van der Waals surface area (Å²) in [5.41, 5.74) is 8.16. The fourth-order valence-corrected chi connectivity index (χ4v) is 3.27. The SMILES string of the molecule is NC1CCCCC1C(=O)Nc1cc2c(cc1Cl)NC(=O)C2. The standard InChI is InChI=1S/C15H18ClN3O2/c16-10-7-12-8(6-14(20)18-12)5-13(10)19-15(21)9-3-1-2-4-11(9)17/h5,7,9,11H,1-4,6,17H2,(H,18,20)(H,19,21). The molecule has 3 rings (SSSR count). The summed E-state index contributed by atoms with van der Waals surface area (Å²) < 4.78 is 0. The van der Waals surface area contributed by atoms with E-state index in [0.29, 0.717) is 17.1 Å². The Hall–Kier alpha value is -1.59. The van der Waals surface area contributed by atoms with Gasteiger partial charge in [-0.15, -0.1) is 0 Å². The highest BCUT2D eigenvalue weighted by molar-refractivity contribution is 6.34. The highest BCUT2D eigenvalue weighted by Crippen LogP contribution is 2.33. The molecule has 0 radical (unpaired) electrons. The van der Waals surface area contributed by atoms with Crippen LogP contribution < -0.4 is 16.4 Å². The molecule has 0 aromatic heterocycles.